The van der Waals surface area contributed by atoms with E-state index in [-0.39, 0.29) is 11.4 Å². The molecule has 24 heavy (non-hydrogen) atoms. The molecule has 8 heteroatoms. The molecule has 0 saturated carbocycles. The molecule has 0 radical (unpaired) electrons. The Morgan fingerprint density at radius 2 is 1.88 bits per heavy atom. The van der Waals surface area contributed by atoms with Gasteiger partial charge in [0, 0.05) is 12.1 Å². The molecular weight excluding hydrogens is 316 g/mol. The number of ether oxygens (including phenoxy) is 2. The number of aromatic nitrogens is 1. The summed E-state index contributed by atoms with van der Waals surface area (Å²) >= 11 is 0. The number of hydrogen-bond donors (Lipinski definition) is 2. The van der Waals surface area contributed by atoms with Crippen LogP contribution < -0.4 is 0 Å². The smallest absolute Gasteiger partial charge is 0.269 e. The fourth-order valence-electron chi connectivity index (χ4n) is 2.52. The highest BCUT2D eigenvalue weighted by Crippen LogP contribution is 2.31. The molecule has 0 spiro atoms. The first-order valence-electron chi connectivity index (χ1n) is 7.33. The Balaban J connectivity index is 1.97. The lowest BCUT2D eigenvalue weighted by atomic mass is 9.90. The van der Waals surface area contributed by atoms with Crippen molar-refractivity contribution < 1.29 is 24.6 Å². The minimum absolute atomic E-state index is 0.103. The molecular formula is C16H16N2O6. The van der Waals surface area contributed by atoms with Crippen LogP contribution in [0.4, 0.5) is 5.69 Å². The summed E-state index contributed by atoms with van der Waals surface area (Å²) in [5.74, 6) is 0. The SMILES string of the molecule is O=[N+]([O-])c1ccc(C(O)(CO)c2cccc(C3OCCO3)n2)cc1. The van der Waals surface area contributed by atoms with Gasteiger partial charge in [-0.15, -0.1) is 0 Å². The molecule has 1 atom stereocenters. The van der Waals surface area contributed by atoms with Crippen molar-refractivity contribution in [1.82, 2.24) is 4.98 Å². The van der Waals surface area contributed by atoms with Crippen LogP contribution in [0.1, 0.15) is 23.2 Å². The zero-order valence-electron chi connectivity index (χ0n) is 12.7. The van der Waals surface area contributed by atoms with E-state index in [1.54, 1.807) is 18.2 Å². The van der Waals surface area contributed by atoms with Crippen LogP contribution in [0.2, 0.25) is 0 Å². The molecule has 3 rings (SSSR count). The number of benzene rings is 1. The van der Waals surface area contributed by atoms with E-state index >= 15 is 0 Å². The van der Waals surface area contributed by atoms with Crippen LogP contribution in [-0.4, -0.2) is 39.9 Å². The van der Waals surface area contributed by atoms with E-state index in [4.69, 9.17) is 9.47 Å². The summed E-state index contributed by atoms with van der Waals surface area (Å²) in [5.41, 5.74) is -0.903. The van der Waals surface area contributed by atoms with E-state index < -0.39 is 23.4 Å². The van der Waals surface area contributed by atoms with Crippen LogP contribution in [0.3, 0.4) is 0 Å². The third-order valence-corrected chi connectivity index (χ3v) is 3.84. The molecule has 2 heterocycles. The monoisotopic (exact) mass is 332 g/mol. The van der Waals surface area contributed by atoms with Crippen LogP contribution in [0.25, 0.3) is 0 Å². The van der Waals surface area contributed by atoms with Gasteiger partial charge in [0.15, 0.2) is 5.60 Å². The molecule has 1 fully saturated rings. The number of aliphatic hydroxyl groups is 2. The number of rotatable bonds is 5. The Bertz CT molecular complexity index is 730. The molecule has 0 bridgehead atoms. The van der Waals surface area contributed by atoms with E-state index in [9.17, 15) is 20.3 Å². The second-order valence-corrected chi connectivity index (χ2v) is 5.34. The van der Waals surface area contributed by atoms with Crippen molar-refractivity contribution in [3.05, 3.63) is 69.5 Å². The second kappa shape index (κ2) is 6.62. The molecule has 2 aromatic rings. The predicted octanol–water partition coefficient (Wildman–Crippen LogP) is 1.26. The summed E-state index contributed by atoms with van der Waals surface area (Å²) < 4.78 is 10.8. The highest BCUT2D eigenvalue weighted by atomic mass is 16.7. The molecule has 1 saturated heterocycles. The topological polar surface area (TPSA) is 115 Å². The zero-order valence-corrected chi connectivity index (χ0v) is 12.7. The molecule has 0 aliphatic carbocycles. The predicted molar refractivity (Wildman–Crippen MR) is 82.1 cm³/mol. The Morgan fingerprint density at radius 1 is 1.21 bits per heavy atom. The van der Waals surface area contributed by atoms with E-state index in [1.165, 1.54) is 24.3 Å². The third kappa shape index (κ3) is 3.00. The average molecular weight is 332 g/mol. The van der Waals surface area contributed by atoms with Crippen LogP contribution in [0.5, 0.6) is 0 Å². The molecule has 126 valence electrons. The van der Waals surface area contributed by atoms with Gasteiger partial charge in [0.05, 0.1) is 36.1 Å². The van der Waals surface area contributed by atoms with Crippen molar-refractivity contribution in [1.29, 1.82) is 0 Å². The summed E-state index contributed by atoms with van der Waals surface area (Å²) in [6, 6.07) is 10.3. The van der Waals surface area contributed by atoms with Gasteiger partial charge in [-0.25, -0.2) is 4.98 Å². The third-order valence-electron chi connectivity index (χ3n) is 3.84. The van der Waals surface area contributed by atoms with Gasteiger partial charge in [-0.1, -0.05) is 6.07 Å². The van der Waals surface area contributed by atoms with Crippen molar-refractivity contribution >= 4 is 5.69 Å². The summed E-state index contributed by atoms with van der Waals surface area (Å²) in [5, 5.41) is 31.4. The number of nitro benzene ring substituents is 1. The van der Waals surface area contributed by atoms with Crippen LogP contribution in [0, 0.1) is 10.1 Å². The van der Waals surface area contributed by atoms with Gasteiger partial charge < -0.3 is 19.7 Å². The molecule has 1 aliphatic heterocycles. The fraction of sp³-hybridized carbons (Fsp3) is 0.312. The van der Waals surface area contributed by atoms with Crippen LogP contribution >= 0.6 is 0 Å². The van der Waals surface area contributed by atoms with Gasteiger partial charge in [0.2, 0.25) is 6.29 Å². The normalized spacial score (nSPS) is 17.6. The first-order chi connectivity index (χ1) is 11.5. The molecule has 1 aliphatic rings. The molecule has 1 aromatic heterocycles. The number of pyridine rings is 1. The Hall–Kier alpha value is -2.39. The van der Waals surface area contributed by atoms with E-state index in [0.29, 0.717) is 24.5 Å². The number of nitrogens with zero attached hydrogens (tertiary/aromatic N) is 2. The Morgan fingerprint density at radius 3 is 2.46 bits per heavy atom. The zero-order chi connectivity index (χ0) is 17.2. The van der Waals surface area contributed by atoms with E-state index in [1.807, 2.05) is 0 Å². The van der Waals surface area contributed by atoms with Gasteiger partial charge >= 0.3 is 0 Å². The van der Waals surface area contributed by atoms with Gasteiger partial charge in [-0.3, -0.25) is 10.1 Å². The highest BCUT2D eigenvalue weighted by molar-refractivity contribution is 5.39. The fourth-order valence-corrected chi connectivity index (χ4v) is 2.52. The van der Waals surface area contributed by atoms with Gasteiger partial charge in [0.25, 0.3) is 5.69 Å². The molecule has 0 amide bonds. The number of non-ortho nitro benzene ring substituents is 1. The van der Waals surface area contributed by atoms with Gasteiger partial charge in [-0.2, -0.15) is 0 Å². The Kier molecular flexibility index (Phi) is 4.54. The average Bonchev–Trinajstić information content (AvgIpc) is 3.16. The summed E-state index contributed by atoms with van der Waals surface area (Å²) in [4.78, 5) is 14.6. The first-order valence-corrected chi connectivity index (χ1v) is 7.33. The Labute approximate surface area is 137 Å². The minimum Gasteiger partial charge on any atom is -0.393 e. The maximum absolute atomic E-state index is 10.9. The lowest BCUT2D eigenvalue weighted by molar-refractivity contribution is -0.384. The summed E-state index contributed by atoms with van der Waals surface area (Å²) in [7, 11) is 0. The maximum Gasteiger partial charge on any atom is 0.269 e. The summed E-state index contributed by atoms with van der Waals surface area (Å²) in [6.07, 6.45) is -0.607. The number of hydrogen-bond acceptors (Lipinski definition) is 7. The van der Waals surface area contributed by atoms with Crippen molar-refractivity contribution in [2.45, 2.75) is 11.9 Å². The standard InChI is InChI=1S/C16H16N2O6/c19-10-16(20,11-4-6-12(7-5-11)18(21)22)14-3-1-2-13(17-14)15-23-8-9-24-15/h1-7,15,19-20H,8-10H2. The quantitative estimate of drug-likeness (QED) is 0.625. The summed E-state index contributed by atoms with van der Waals surface area (Å²) in [6.45, 7) is 0.292. The lowest BCUT2D eigenvalue weighted by Gasteiger charge is -2.26. The van der Waals surface area contributed by atoms with Gasteiger partial charge in [0.1, 0.15) is 0 Å². The van der Waals surface area contributed by atoms with Crippen molar-refractivity contribution in [2.24, 2.45) is 0 Å². The number of nitro groups is 1. The maximum atomic E-state index is 10.9. The van der Waals surface area contributed by atoms with Gasteiger partial charge in [-0.05, 0) is 29.8 Å². The molecule has 2 N–H and O–H groups in total. The molecule has 1 aromatic carbocycles. The largest absolute Gasteiger partial charge is 0.393 e. The van der Waals surface area contributed by atoms with Crippen molar-refractivity contribution in [3.8, 4) is 0 Å². The molecule has 8 nitrogen and oxygen atoms in total. The van der Waals surface area contributed by atoms with Crippen LogP contribution in [0.15, 0.2) is 42.5 Å². The molecule has 1 unspecified atom stereocenters. The lowest BCUT2D eigenvalue weighted by Crippen LogP contribution is -2.33. The highest BCUT2D eigenvalue weighted by Gasteiger charge is 2.34. The van der Waals surface area contributed by atoms with E-state index in [0.717, 1.165) is 0 Å². The van der Waals surface area contributed by atoms with E-state index in [2.05, 4.69) is 4.98 Å². The van der Waals surface area contributed by atoms with Crippen molar-refractivity contribution in [3.63, 3.8) is 0 Å². The number of aliphatic hydroxyl groups excluding tert-OH is 1. The van der Waals surface area contributed by atoms with Crippen LogP contribution in [-0.2, 0) is 15.1 Å². The second-order valence-electron chi connectivity index (χ2n) is 5.34. The van der Waals surface area contributed by atoms with Crippen molar-refractivity contribution in [2.75, 3.05) is 19.8 Å². The first kappa shape index (κ1) is 16.5. The minimum atomic E-state index is -1.79.